The number of hydrogen-bond acceptors (Lipinski definition) is 4. The lowest BCUT2D eigenvalue weighted by atomic mass is 10.1. The Morgan fingerprint density at radius 2 is 1.81 bits per heavy atom. The summed E-state index contributed by atoms with van der Waals surface area (Å²) in [6.45, 7) is 2.60. The van der Waals surface area contributed by atoms with Crippen molar-refractivity contribution in [3.8, 4) is 0 Å². The van der Waals surface area contributed by atoms with Crippen molar-refractivity contribution in [1.82, 2.24) is 10.9 Å². The SMILES string of the molecule is Cc1ccc(SCC(=O)NNC(=O)c2ccccc2N2CCCC2=O)cc1. The number of nitrogens with zero attached hydrogens (tertiary/aromatic N) is 1. The van der Waals surface area contributed by atoms with Gasteiger partial charge in [0, 0.05) is 17.9 Å². The van der Waals surface area contributed by atoms with Crippen molar-refractivity contribution < 1.29 is 14.4 Å². The van der Waals surface area contributed by atoms with Crippen LogP contribution in [-0.4, -0.2) is 30.0 Å². The highest BCUT2D eigenvalue weighted by molar-refractivity contribution is 8.00. The predicted octanol–water partition coefficient (Wildman–Crippen LogP) is 2.68. The fraction of sp³-hybridized carbons (Fsp3) is 0.250. The highest BCUT2D eigenvalue weighted by atomic mass is 32.2. The summed E-state index contributed by atoms with van der Waals surface area (Å²) in [6.07, 6.45) is 1.27. The number of para-hydroxylation sites is 1. The summed E-state index contributed by atoms with van der Waals surface area (Å²) in [5.41, 5.74) is 6.95. The van der Waals surface area contributed by atoms with Crippen molar-refractivity contribution in [2.75, 3.05) is 17.2 Å². The Bertz CT molecular complexity index is 852. The molecule has 1 aliphatic rings. The lowest BCUT2D eigenvalue weighted by Crippen LogP contribution is -2.43. The number of carbonyl (C=O) groups is 3. The molecule has 1 aliphatic heterocycles. The zero-order valence-corrected chi connectivity index (χ0v) is 15.8. The van der Waals surface area contributed by atoms with Gasteiger partial charge in [0.25, 0.3) is 5.91 Å². The van der Waals surface area contributed by atoms with Crippen LogP contribution in [0.2, 0.25) is 0 Å². The van der Waals surface area contributed by atoms with Crippen molar-refractivity contribution >= 4 is 35.2 Å². The van der Waals surface area contributed by atoms with Crippen LogP contribution in [0.3, 0.4) is 0 Å². The second kappa shape index (κ2) is 8.73. The standard InChI is InChI=1S/C20H21N3O3S/c1-14-8-10-15(11-9-14)27-13-18(24)21-22-20(26)16-5-2-3-6-17(16)23-12-4-7-19(23)25/h2-3,5-6,8-11H,4,7,12-13H2,1H3,(H,21,24)(H,22,26). The van der Waals surface area contributed by atoms with E-state index < -0.39 is 5.91 Å². The van der Waals surface area contributed by atoms with Gasteiger partial charge in [0.1, 0.15) is 0 Å². The van der Waals surface area contributed by atoms with E-state index in [4.69, 9.17) is 0 Å². The van der Waals surface area contributed by atoms with Crippen molar-refractivity contribution in [2.45, 2.75) is 24.7 Å². The van der Waals surface area contributed by atoms with E-state index in [0.717, 1.165) is 16.9 Å². The number of hydrogen-bond donors (Lipinski definition) is 2. The Kier molecular flexibility index (Phi) is 6.13. The molecule has 1 saturated heterocycles. The average Bonchev–Trinajstić information content (AvgIpc) is 3.11. The van der Waals surface area contributed by atoms with E-state index >= 15 is 0 Å². The van der Waals surface area contributed by atoms with Crippen molar-refractivity contribution in [3.63, 3.8) is 0 Å². The Hall–Kier alpha value is -2.80. The molecule has 0 atom stereocenters. The molecule has 0 aromatic heterocycles. The summed E-state index contributed by atoms with van der Waals surface area (Å²) in [4.78, 5) is 39.1. The van der Waals surface area contributed by atoms with Crippen LogP contribution in [0.15, 0.2) is 53.4 Å². The second-order valence-corrected chi connectivity index (χ2v) is 7.32. The van der Waals surface area contributed by atoms with Crippen molar-refractivity contribution in [3.05, 3.63) is 59.7 Å². The summed E-state index contributed by atoms with van der Waals surface area (Å²) in [5, 5.41) is 0. The van der Waals surface area contributed by atoms with Crippen LogP contribution in [0, 0.1) is 6.92 Å². The quantitative estimate of drug-likeness (QED) is 0.615. The third-order valence-electron chi connectivity index (χ3n) is 4.22. The Labute approximate surface area is 162 Å². The fourth-order valence-electron chi connectivity index (χ4n) is 2.82. The van der Waals surface area contributed by atoms with E-state index in [2.05, 4.69) is 10.9 Å². The van der Waals surface area contributed by atoms with Crippen LogP contribution in [0.25, 0.3) is 0 Å². The van der Waals surface area contributed by atoms with E-state index in [1.54, 1.807) is 29.2 Å². The number of amides is 3. The van der Waals surface area contributed by atoms with E-state index in [0.29, 0.717) is 24.2 Å². The van der Waals surface area contributed by atoms with Gasteiger partial charge in [-0.15, -0.1) is 11.8 Å². The molecular weight excluding hydrogens is 362 g/mol. The molecule has 27 heavy (non-hydrogen) atoms. The van der Waals surface area contributed by atoms with Gasteiger partial charge in [-0.3, -0.25) is 25.2 Å². The van der Waals surface area contributed by atoms with Crippen molar-refractivity contribution in [1.29, 1.82) is 0 Å². The van der Waals surface area contributed by atoms with Crippen molar-refractivity contribution in [2.24, 2.45) is 0 Å². The second-order valence-electron chi connectivity index (χ2n) is 6.27. The minimum absolute atomic E-state index is 0.00813. The van der Waals surface area contributed by atoms with E-state index in [1.165, 1.54) is 11.8 Å². The molecule has 140 valence electrons. The maximum Gasteiger partial charge on any atom is 0.271 e. The Morgan fingerprint density at radius 3 is 2.52 bits per heavy atom. The van der Waals surface area contributed by atoms with Crippen LogP contribution in [0.5, 0.6) is 0 Å². The molecule has 2 N–H and O–H groups in total. The number of thioether (sulfide) groups is 1. The number of nitrogens with one attached hydrogen (secondary N) is 2. The van der Waals surface area contributed by atoms with E-state index in [-0.39, 0.29) is 17.6 Å². The molecule has 2 aromatic rings. The van der Waals surface area contributed by atoms with Gasteiger partial charge in [-0.05, 0) is 37.6 Å². The molecule has 0 spiro atoms. The monoisotopic (exact) mass is 383 g/mol. The number of anilines is 1. The summed E-state index contributed by atoms with van der Waals surface area (Å²) in [7, 11) is 0. The Balaban J connectivity index is 1.55. The first kappa shape index (κ1) is 19.0. The zero-order valence-electron chi connectivity index (χ0n) is 15.0. The molecule has 0 radical (unpaired) electrons. The van der Waals surface area contributed by atoms with Gasteiger partial charge in [0.15, 0.2) is 0 Å². The molecule has 0 unspecified atom stereocenters. The third kappa shape index (κ3) is 4.89. The van der Waals surface area contributed by atoms with Gasteiger partial charge >= 0.3 is 0 Å². The van der Waals surface area contributed by atoms with Crippen LogP contribution in [-0.2, 0) is 9.59 Å². The van der Waals surface area contributed by atoms with Crippen LogP contribution in [0.1, 0.15) is 28.8 Å². The van der Waals surface area contributed by atoms with Crippen LogP contribution < -0.4 is 15.8 Å². The van der Waals surface area contributed by atoms with Gasteiger partial charge in [0.2, 0.25) is 11.8 Å². The molecule has 0 bridgehead atoms. The lowest BCUT2D eigenvalue weighted by molar-refractivity contribution is -0.119. The third-order valence-corrected chi connectivity index (χ3v) is 5.23. The summed E-state index contributed by atoms with van der Waals surface area (Å²) >= 11 is 1.39. The van der Waals surface area contributed by atoms with E-state index in [1.807, 2.05) is 31.2 Å². The normalized spacial score (nSPS) is 13.5. The Morgan fingerprint density at radius 1 is 1.07 bits per heavy atom. The number of rotatable bonds is 5. The first-order valence-electron chi connectivity index (χ1n) is 8.72. The van der Waals surface area contributed by atoms with Gasteiger partial charge in [-0.2, -0.15) is 0 Å². The molecule has 3 rings (SSSR count). The number of aryl methyl sites for hydroxylation is 1. The molecule has 1 heterocycles. The largest absolute Gasteiger partial charge is 0.312 e. The first-order valence-corrected chi connectivity index (χ1v) is 9.71. The predicted molar refractivity (Wildman–Crippen MR) is 106 cm³/mol. The minimum atomic E-state index is -0.445. The molecule has 6 nitrogen and oxygen atoms in total. The lowest BCUT2D eigenvalue weighted by Gasteiger charge is -2.19. The van der Waals surface area contributed by atoms with Gasteiger partial charge < -0.3 is 4.90 Å². The number of benzene rings is 2. The summed E-state index contributed by atoms with van der Waals surface area (Å²) in [5.74, 6) is -0.549. The highest BCUT2D eigenvalue weighted by Gasteiger charge is 2.25. The maximum absolute atomic E-state index is 12.5. The first-order chi connectivity index (χ1) is 13.0. The molecule has 0 saturated carbocycles. The van der Waals surface area contributed by atoms with Crippen LogP contribution >= 0.6 is 11.8 Å². The number of carbonyl (C=O) groups excluding carboxylic acids is 3. The average molecular weight is 383 g/mol. The van der Waals surface area contributed by atoms with Gasteiger partial charge in [-0.25, -0.2) is 0 Å². The summed E-state index contributed by atoms with van der Waals surface area (Å²) in [6, 6.07) is 14.8. The fourth-order valence-corrected chi connectivity index (χ4v) is 3.52. The maximum atomic E-state index is 12.5. The molecule has 7 heteroatoms. The molecule has 3 amide bonds. The smallest absolute Gasteiger partial charge is 0.271 e. The molecule has 0 aliphatic carbocycles. The van der Waals surface area contributed by atoms with E-state index in [9.17, 15) is 14.4 Å². The summed E-state index contributed by atoms with van der Waals surface area (Å²) < 4.78 is 0. The minimum Gasteiger partial charge on any atom is -0.312 e. The topological polar surface area (TPSA) is 78.5 Å². The number of hydrazine groups is 1. The molecule has 1 fully saturated rings. The molecule has 2 aromatic carbocycles. The van der Waals surface area contributed by atoms with Gasteiger partial charge in [-0.1, -0.05) is 29.8 Å². The van der Waals surface area contributed by atoms with Crippen LogP contribution in [0.4, 0.5) is 5.69 Å². The zero-order chi connectivity index (χ0) is 19.2. The van der Waals surface area contributed by atoms with Gasteiger partial charge in [0.05, 0.1) is 17.0 Å². The molecular formula is C20H21N3O3S. The highest BCUT2D eigenvalue weighted by Crippen LogP contribution is 2.25.